The molecule has 2 unspecified atom stereocenters. The molecule has 1 fully saturated rings. The lowest BCUT2D eigenvalue weighted by Gasteiger charge is -2.28. The minimum atomic E-state index is -0.559. The summed E-state index contributed by atoms with van der Waals surface area (Å²) in [7, 11) is 0. The second kappa shape index (κ2) is 6.71. The maximum atomic E-state index is 12.2. The second-order valence-corrected chi connectivity index (χ2v) is 6.66. The highest BCUT2D eigenvalue weighted by molar-refractivity contribution is 7.99. The lowest BCUT2D eigenvalue weighted by Crippen LogP contribution is -2.43. The van der Waals surface area contributed by atoms with Crippen LogP contribution in [-0.2, 0) is 14.3 Å². The van der Waals surface area contributed by atoms with Gasteiger partial charge in [0.25, 0.3) is 0 Å². The Morgan fingerprint density at radius 2 is 2.05 bits per heavy atom. The van der Waals surface area contributed by atoms with Gasteiger partial charge < -0.3 is 9.64 Å². The topological polar surface area (TPSA) is 46.6 Å². The number of nitrogens with zero attached hydrogens (tertiary/aromatic N) is 1. The van der Waals surface area contributed by atoms with E-state index in [0.717, 1.165) is 5.56 Å². The van der Waals surface area contributed by atoms with Gasteiger partial charge in [-0.25, -0.2) is 4.79 Å². The summed E-state index contributed by atoms with van der Waals surface area (Å²) in [6.07, 6.45) is -0.198. The van der Waals surface area contributed by atoms with Crippen LogP contribution in [0.2, 0.25) is 5.02 Å². The summed E-state index contributed by atoms with van der Waals surface area (Å²) in [5.74, 6) is -0.000948. The van der Waals surface area contributed by atoms with E-state index in [4.69, 9.17) is 16.3 Å². The molecule has 1 aromatic carbocycles. The van der Waals surface area contributed by atoms with E-state index < -0.39 is 6.04 Å². The number of amides is 1. The van der Waals surface area contributed by atoms with Gasteiger partial charge in [-0.3, -0.25) is 4.79 Å². The van der Waals surface area contributed by atoms with Crippen molar-refractivity contribution in [2.24, 2.45) is 0 Å². The molecule has 0 aromatic heterocycles. The molecule has 1 saturated heterocycles. The van der Waals surface area contributed by atoms with Crippen molar-refractivity contribution < 1.29 is 14.3 Å². The molecule has 1 aliphatic rings. The molecule has 0 spiro atoms. The number of thioether (sulfide) groups is 1. The molecule has 0 radical (unpaired) electrons. The van der Waals surface area contributed by atoms with E-state index in [1.807, 2.05) is 18.2 Å². The van der Waals surface area contributed by atoms with Gasteiger partial charge in [-0.15, -0.1) is 11.8 Å². The van der Waals surface area contributed by atoms with Crippen LogP contribution in [0.3, 0.4) is 0 Å². The van der Waals surface area contributed by atoms with E-state index in [0.29, 0.717) is 10.8 Å². The summed E-state index contributed by atoms with van der Waals surface area (Å²) in [5, 5.41) is 0.347. The molecule has 114 valence electrons. The first kappa shape index (κ1) is 16.2. The molecule has 6 heteroatoms. The van der Waals surface area contributed by atoms with Crippen LogP contribution in [-0.4, -0.2) is 34.7 Å². The van der Waals surface area contributed by atoms with Crippen LogP contribution in [0.1, 0.15) is 31.7 Å². The predicted octanol–water partition coefficient (Wildman–Crippen LogP) is 3.25. The molecule has 21 heavy (non-hydrogen) atoms. The van der Waals surface area contributed by atoms with Gasteiger partial charge in [-0.1, -0.05) is 29.8 Å². The Labute approximate surface area is 133 Å². The van der Waals surface area contributed by atoms with Crippen LogP contribution in [0.15, 0.2) is 24.3 Å². The van der Waals surface area contributed by atoms with Crippen molar-refractivity contribution in [1.82, 2.24) is 4.90 Å². The molecule has 0 N–H and O–H groups in total. The first-order chi connectivity index (χ1) is 9.91. The molecular formula is C15H18ClNO3S. The molecule has 0 saturated carbocycles. The van der Waals surface area contributed by atoms with Gasteiger partial charge in [-0.05, 0) is 19.9 Å². The number of benzene rings is 1. The Morgan fingerprint density at radius 1 is 1.38 bits per heavy atom. The standard InChI is InChI=1S/C15H18ClNO3S/c1-9(2)20-15(19)13-8-21-14(17(13)10(3)18)11-6-4-5-7-12(11)16/h4-7,9,13-14H,8H2,1-3H3. The minimum Gasteiger partial charge on any atom is -0.461 e. The Morgan fingerprint density at radius 3 is 2.62 bits per heavy atom. The van der Waals surface area contributed by atoms with Crippen LogP contribution >= 0.6 is 23.4 Å². The van der Waals surface area contributed by atoms with Gasteiger partial charge in [-0.2, -0.15) is 0 Å². The summed E-state index contributed by atoms with van der Waals surface area (Å²) in [5.41, 5.74) is 0.846. The second-order valence-electron chi connectivity index (χ2n) is 5.13. The van der Waals surface area contributed by atoms with Gasteiger partial charge in [0.2, 0.25) is 5.91 Å². The van der Waals surface area contributed by atoms with Crippen molar-refractivity contribution in [2.45, 2.75) is 38.3 Å². The van der Waals surface area contributed by atoms with Gasteiger partial charge in [0.1, 0.15) is 11.4 Å². The minimum absolute atomic E-state index is 0.157. The summed E-state index contributed by atoms with van der Waals surface area (Å²) in [6.45, 7) is 5.05. The number of halogens is 1. The highest BCUT2D eigenvalue weighted by Crippen LogP contribution is 2.43. The first-order valence-electron chi connectivity index (χ1n) is 6.77. The van der Waals surface area contributed by atoms with Crippen LogP contribution < -0.4 is 0 Å². The predicted molar refractivity (Wildman–Crippen MR) is 84.2 cm³/mol. The Kier molecular flexibility index (Phi) is 5.17. The average molecular weight is 328 g/mol. The van der Waals surface area contributed by atoms with Gasteiger partial charge in [0, 0.05) is 23.3 Å². The molecule has 0 bridgehead atoms. The number of rotatable bonds is 3. The fourth-order valence-corrected chi connectivity index (χ4v) is 4.10. The maximum absolute atomic E-state index is 12.2. The highest BCUT2D eigenvalue weighted by atomic mass is 35.5. The molecule has 2 rings (SSSR count). The van der Waals surface area contributed by atoms with E-state index in [-0.39, 0.29) is 23.4 Å². The van der Waals surface area contributed by atoms with E-state index in [9.17, 15) is 9.59 Å². The summed E-state index contributed by atoms with van der Waals surface area (Å²) < 4.78 is 5.25. The van der Waals surface area contributed by atoms with Crippen molar-refractivity contribution in [3.8, 4) is 0 Å². The quantitative estimate of drug-likeness (QED) is 0.799. The Hall–Kier alpha value is -1.20. The number of hydrogen-bond donors (Lipinski definition) is 0. The van der Waals surface area contributed by atoms with E-state index in [1.54, 1.807) is 24.8 Å². The zero-order valence-electron chi connectivity index (χ0n) is 12.2. The molecule has 1 aromatic rings. The molecule has 0 aliphatic carbocycles. The molecule has 1 heterocycles. The van der Waals surface area contributed by atoms with Gasteiger partial charge >= 0.3 is 5.97 Å². The largest absolute Gasteiger partial charge is 0.461 e. The number of ether oxygens (including phenoxy) is 1. The third-order valence-corrected chi connectivity index (χ3v) is 4.81. The third-order valence-electron chi connectivity index (χ3n) is 3.16. The van der Waals surface area contributed by atoms with Gasteiger partial charge in [0.05, 0.1) is 6.10 Å². The first-order valence-corrected chi connectivity index (χ1v) is 8.20. The van der Waals surface area contributed by atoms with Crippen LogP contribution in [0.4, 0.5) is 0 Å². The van der Waals surface area contributed by atoms with Crippen molar-refractivity contribution in [2.75, 3.05) is 5.75 Å². The van der Waals surface area contributed by atoms with Crippen LogP contribution in [0.5, 0.6) is 0 Å². The van der Waals surface area contributed by atoms with E-state index in [2.05, 4.69) is 0 Å². The fourth-order valence-electron chi connectivity index (χ4n) is 2.30. The Balaban J connectivity index is 2.27. The maximum Gasteiger partial charge on any atom is 0.330 e. The third kappa shape index (κ3) is 3.52. The molecule has 1 aliphatic heterocycles. The van der Waals surface area contributed by atoms with E-state index >= 15 is 0 Å². The average Bonchev–Trinajstić information content (AvgIpc) is 2.83. The SMILES string of the molecule is CC(=O)N1C(C(=O)OC(C)C)CSC1c1ccccc1Cl. The molecule has 4 nitrogen and oxygen atoms in total. The zero-order valence-corrected chi connectivity index (χ0v) is 13.8. The Bertz CT molecular complexity index is 549. The van der Waals surface area contributed by atoms with Crippen LogP contribution in [0, 0.1) is 0 Å². The van der Waals surface area contributed by atoms with Crippen molar-refractivity contribution >= 4 is 35.2 Å². The van der Waals surface area contributed by atoms with Gasteiger partial charge in [0.15, 0.2) is 0 Å². The monoisotopic (exact) mass is 327 g/mol. The molecular weight excluding hydrogens is 310 g/mol. The normalized spacial score (nSPS) is 21.7. The highest BCUT2D eigenvalue weighted by Gasteiger charge is 2.42. The van der Waals surface area contributed by atoms with Crippen molar-refractivity contribution in [1.29, 1.82) is 0 Å². The lowest BCUT2D eigenvalue weighted by atomic mass is 10.1. The fraction of sp³-hybridized carbons (Fsp3) is 0.467. The number of hydrogen-bond acceptors (Lipinski definition) is 4. The number of carbonyl (C=O) groups excluding carboxylic acids is 2. The molecule has 2 atom stereocenters. The van der Waals surface area contributed by atoms with E-state index in [1.165, 1.54) is 18.7 Å². The summed E-state index contributed by atoms with van der Waals surface area (Å²) in [4.78, 5) is 25.7. The van der Waals surface area contributed by atoms with Crippen molar-refractivity contribution in [3.05, 3.63) is 34.9 Å². The molecule has 1 amide bonds. The number of esters is 1. The van der Waals surface area contributed by atoms with Crippen LogP contribution in [0.25, 0.3) is 0 Å². The zero-order chi connectivity index (χ0) is 15.6. The lowest BCUT2D eigenvalue weighted by molar-refractivity contribution is -0.156. The smallest absolute Gasteiger partial charge is 0.330 e. The van der Waals surface area contributed by atoms with Crippen molar-refractivity contribution in [3.63, 3.8) is 0 Å². The summed E-state index contributed by atoms with van der Waals surface area (Å²) in [6, 6.07) is 6.83. The number of carbonyl (C=O) groups is 2. The summed E-state index contributed by atoms with van der Waals surface area (Å²) >= 11 is 7.75.